The predicted octanol–water partition coefficient (Wildman–Crippen LogP) is 2.93. The number of fused-ring (bicyclic) bond motifs is 2. The monoisotopic (exact) mass is 295 g/mol. The van der Waals surface area contributed by atoms with E-state index < -0.39 is 0 Å². The molecule has 0 N–H and O–H groups in total. The maximum absolute atomic E-state index is 12.7. The Kier molecular flexibility index (Phi) is 3.67. The minimum absolute atomic E-state index is 0.0361. The standard InChI is InChI=1S/C18H17NO3/c1-12(20)22-11-13-7-8-16-17(9-13)19(2)10-14-5-3-4-6-15(14)18(16)21/h3-9H,10-11H2,1-2H3. The molecule has 0 saturated carbocycles. The fourth-order valence-electron chi connectivity index (χ4n) is 2.73. The molecular formula is C18H17NO3. The zero-order valence-electron chi connectivity index (χ0n) is 12.6. The van der Waals surface area contributed by atoms with Crippen LogP contribution in [0.3, 0.4) is 0 Å². The van der Waals surface area contributed by atoms with Crippen LogP contribution in [0.1, 0.15) is 34.0 Å². The first-order valence-electron chi connectivity index (χ1n) is 7.16. The lowest BCUT2D eigenvalue weighted by molar-refractivity contribution is -0.142. The van der Waals surface area contributed by atoms with Gasteiger partial charge in [-0.1, -0.05) is 30.3 Å². The average Bonchev–Trinajstić information content (AvgIpc) is 2.61. The minimum atomic E-state index is -0.313. The highest BCUT2D eigenvalue weighted by atomic mass is 16.5. The number of hydrogen-bond acceptors (Lipinski definition) is 4. The molecule has 0 unspecified atom stereocenters. The first-order chi connectivity index (χ1) is 10.6. The van der Waals surface area contributed by atoms with Crippen LogP contribution in [0.5, 0.6) is 0 Å². The van der Waals surface area contributed by atoms with Crippen LogP contribution in [0.15, 0.2) is 42.5 Å². The Morgan fingerprint density at radius 1 is 1.18 bits per heavy atom. The fourth-order valence-corrected chi connectivity index (χ4v) is 2.73. The van der Waals surface area contributed by atoms with E-state index in [1.807, 2.05) is 49.5 Å². The minimum Gasteiger partial charge on any atom is -0.461 e. The van der Waals surface area contributed by atoms with Gasteiger partial charge in [-0.3, -0.25) is 9.59 Å². The van der Waals surface area contributed by atoms with Crippen LogP contribution in [0.4, 0.5) is 5.69 Å². The molecule has 0 amide bonds. The molecule has 0 bridgehead atoms. The van der Waals surface area contributed by atoms with E-state index in [0.29, 0.717) is 12.1 Å². The number of ether oxygens (including phenoxy) is 1. The molecule has 3 rings (SSSR count). The number of esters is 1. The van der Waals surface area contributed by atoms with Crippen molar-refractivity contribution in [2.24, 2.45) is 0 Å². The Morgan fingerprint density at radius 2 is 1.95 bits per heavy atom. The van der Waals surface area contributed by atoms with Gasteiger partial charge in [-0.05, 0) is 23.3 Å². The topological polar surface area (TPSA) is 46.6 Å². The number of hydrogen-bond donors (Lipinski definition) is 0. The molecule has 0 radical (unpaired) electrons. The highest BCUT2D eigenvalue weighted by molar-refractivity contribution is 6.14. The number of ketones is 1. The largest absolute Gasteiger partial charge is 0.461 e. The van der Waals surface area contributed by atoms with E-state index in [-0.39, 0.29) is 18.4 Å². The van der Waals surface area contributed by atoms with E-state index in [4.69, 9.17) is 4.74 Å². The van der Waals surface area contributed by atoms with Crippen molar-refractivity contribution in [3.05, 3.63) is 64.7 Å². The molecule has 4 nitrogen and oxygen atoms in total. The normalized spacial score (nSPS) is 13.2. The van der Waals surface area contributed by atoms with E-state index in [0.717, 1.165) is 22.4 Å². The van der Waals surface area contributed by atoms with Gasteiger partial charge in [0.2, 0.25) is 0 Å². The van der Waals surface area contributed by atoms with E-state index >= 15 is 0 Å². The Hall–Kier alpha value is -2.62. The van der Waals surface area contributed by atoms with Gasteiger partial charge < -0.3 is 9.64 Å². The van der Waals surface area contributed by atoms with Crippen molar-refractivity contribution in [1.29, 1.82) is 0 Å². The van der Waals surface area contributed by atoms with E-state index in [2.05, 4.69) is 4.90 Å². The molecule has 0 aromatic heterocycles. The first kappa shape index (κ1) is 14.3. The van der Waals surface area contributed by atoms with Gasteiger partial charge in [0, 0.05) is 37.3 Å². The summed E-state index contributed by atoms with van der Waals surface area (Å²) >= 11 is 0. The van der Waals surface area contributed by atoms with Gasteiger partial charge in [0.25, 0.3) is 0 Å². The van der Waals surface area contributed by atoms with E-state index in [1.54, 1.807) is 0 Å². The second kappa shape index (κ2) is 5.64. The van der Waals surface area contributed by atoms with Gasteiger partial charge in [-0.2, -0.15) is 0 Å². The summed E-state index contributed by atoms with van der Waals surface area (Å²) in [4.78, 5) is 25.7. The Balaban J connectivity index is 2.02. The molecule has 0 fully saturated rings. The molecule has 1 aliphatic heterocycles. The van der Waals surface area contributed by atoms with Crippen molar-refractivity contribution in [3.63, 3.8) is 0 Å². The smallest absolute Gasteiger partial charge is 0.302 e. The lowest BCUT2D eigenvalue weighted by atomic mass is 9.98. The van der Waals surface area contributed by atoms with Gasteiger partial charge in [0.05, 0.1) is 0 Å². The quantitative estimate of drug-likeness (QED) is 0.799. The van der Waals surface area contributed by atoms with Gasteiger partial charge in [-0.25, -0.2) is 0 Å². The number of carbonyl (C=O) groups is 2. The van der Waals surface area contributed by atoms with Crippen LogP contribution >= 0.6 is 0 Å². The summed E-state index contributed by atoms with van der Waals surface area (Å²) < 4.78 is 5.03. The van der Waals surface area contributed by atoms with Crippen molar-refractivity contribution in [1.82, 2.24) is 0 Å². The summed E-state index contributed by atoms with van der Waals surface area (Å²) in [6.45, 7) is 2.28. The van der Waals surface area contributed by atoms with E-state index in [1.165, 1.54) is 6.92 Å². The Labute approximate surface area is 129 Å². The third-order valence-electron chi connectivity index (χ3n) is 3.83. The van der Waals surface area contributed by atoms with Crippen LogP contribution in [-0.2, 0) is 22.7 Å². The zero-order valence-corrected chi connectivity index (χ0v) is 12.6. The molecule has 2 aromatic carbocycles. The Bertz CT molecular complexity index is 752. The second-order valence-electron chi connectivity index (χ2n) is 5.47. The summed E-state index contributed by atoms with van der Waals surface area (Å²) in [6, 6.07) is 13.3. The predicted molar refractivity (Wildman–Crippen MR) is 83.9 cm³/mol. The number of rotatable bonds is 2. The maximum atomic E-state index is 12.7. The molecular weight excluding hydrogens is 278 g/mol. The molecule has 1 aliphatic rings. The number of benzene rings is 2. The van der Waals surface area contributed by atoms with Gasteiger partial charge >= 0.3 is 5.97 Å². The van der Waals surface area contributed by atoms with Crippen LogP contribution < -0.4 is 4.90 Å². The van der Waals surface area contributed by atoms with Crippen LogP contribution in [0, 0.1) is 0 Å². The van der Waals surface area contributed by atoms with Crippen molar-refractivity contribution in [2.75, 3.05) is 11.9 Å². The molecule has 112 valence electrons. The van der Waals surface area contributed by atoms with E-state index in [9.17, 15) is 9.59 Å². The number of anilines is 1. The highest BCUT2D eigenvalue weighted by Gasteiger charge is 2.23. The zero-order chi connectivity index (χ0) is 15.7. The highest BCUT2D eigenvalue weighted by Crippen LogP contribution is 2.30. The molecule has 0 saturated heterocycles. The molecule has 2 aromatic rings. The molecule has 1 heterocycles. The molecule has 0 aliphatic carbocycles. The summed E-state index contributed by atoms with van der Waals surface area (Å²) in [5, 5.41) is 0. The van der Waals surface area contributed by atoms with Crippen LogP contribution in [-0.4, -0.2) is 18.8 Å². The van der Waals surface area contributed by atoms with Gasteiger partial charge in [0.15, 0.2) is 5.78 Å². The lowest BCUT2D eigenvalue weighted by Gasteiger charge is -2.20. The van der Waals surface area contributed by atoms with Crippen molar-refractivity contribution in [2.45, 2.75) is 20.1 Å². The van der Waals surface area contributed by atoms with Crippen molar-refractivity contribution < 1.29 is 14.3 Å². The summed E-state index contributed by atoms with van der Waals surface area (Å²) in [5.41, 5.74) is 4.19. The third-order valence-corrected chi connectivity index (χ3v) is 3.83. The third kappa shape index (κ3) is 2.60. The fraction of sp³-hybridized carbons (Fsp3) is 0.222. The Morgan fingerprint density at radius 3 is 2.73 bits per heavy atom. The second-order valence-corrected chi connectivity index (χ2v) is 5.47. The first-order valence-corrected chi connectivity index (χ1v) is 7.16. The maximum Gasteiger partial charge on any atom is 0.302 e. The van der Waals surface area contributed by atoms with Crippen molar-refractivity contribution in [3.8, 4) is 0 Å². The van der Waals surface area contributed by atoms with Gasteiger partial charge in [-0.15, -0.1) is 0 Å². The molecule has 4 heteroatoms. The molecule has 22 heavy (non-hydrogen) atoms. The average molecular weight is 295 g/mol. The summed E-state index contributed by atoms with van der Waals surface area (Å²) in [7, 11) is 1.96. The van der Waals surface area contributed by atoms with Gasteiger partial charge in [0.1, 0.15) is 6.61 Å². The van der Waals surface area contributed by atoms with Crippen LogP contribution in [0.25, 0.3) is 0 Å². The summed E-state index contributed by atoms with van der Waals surface area (Å²) in [5.74, 6) is -0.277. The van der Waals surface area contributed by atoms with Crippen molar-refractivity contribution >= 4 is 17.4 Å². The number of carbonyl (C=O) groups excluding carboxylic acids is 2. The lowest BCUT2D eigenvalue weighted by Crippen LogP contribution is -2.16. The molecule has 0 spiro atoms. The number of nitrogens with zero attached hydrogens (tertiary/aromatic N) is 1. The summed E-state index contributed by atoms with van der Waals surface area (Å²) in [6.07, 6.45) is 0. The SMILES string of the molecule is CC(=O)OCc1ccc2c(c1)N(C)Cc1ccccc1C2=O. The molecule has 0 atom stereocenters. The van der Waals surface area contributed by atoms with Crippen LogP contribution in [0.2, 0.25) is 0 Å².